The van der Waals surface area contributed by atoms with E-state index in [2.05, 4.69) is 0 Å². The molecule has 0 radical (unpaired) electrons. The molecule has 0 fully saturated rings. The van der Waals surface area contributed by atoms with Gasteiger partial charge in [-0.1, -0.05) is 17.7 Å². The minimum Gasteiger partial charge on any atom is -0.479 e. The summed E-state index contributed by atoms with van der Waals surface area (Å²) < 4.78 is 23.3. The van der Waals surface area contributed by atoms with E-state index in [0.29, 0.717) is 0 Å². The largest absolute Gasteiger partial charge is 0.479 e. The highest BCUT2D eigenvalue weighted by Crippen LogP contribution is 2.13. The number of aliphatic carboxylic acids is 1. The van der Waals surface area contributed by atoms with Crippen molar-refractivity contribution in [3.8, 4) is 0 Å². The Bertz CT molecular complexity index is 474. The quantitative estimate of drug-likeness (QED) is 0.790. The van der Waals surface area contributed by atoms with Crippen LogP contribution < -0.4 is 0 Å². The van der Waals surface area contributed by atoms with Crippen molar-refractivity contribution in [1.82, 2.24) is 0 Å². The molecule has 0 aromatic heterocycles. The van der Waals surface area contributed by atoms with Crippen LogP contribution in [0.2, 0.25) is 0 Å². The molecule has 0 heterocycles. The van der Waals surface area contributed by atoms with Crippen LogP contribution in [0.25, 0.3) is 0 Å². The van der Waals surface area contributed by atoms with Crippen molar-refractivity contribution in [2.24, 2.45) is 0 Å². The Balaban J connectivity index is 2.94. The summed E-state index contributed by atoms with van der Waals surface area (Å²) in [7, 11) is -3.75. The summed E-state index contributed by atoms with van der Waals surface area (Å²) in [5.41, 5.74) is 0.901. The van der Waals surface area contributed by atoms with Crippen molar-refractivity contribution in [1.29, 1.82) is 0 Å². The Morgan fingerprint density at radius 2 is 1.81 bits per heavy atom. The molecule has 0 saturated heterocycles. The SMILES string of the molecule is Cc1ccc(S(=O)(=O)CC(O)C(=O)O)cc1. The predicted molar refractivity (Wildman–Crippen MR) is 56.9 cm³/mol. The zero-order valence-corrected chi connectivity index (χ0v) is 9.44. The van der Waals surface area contributed by atoms with E-state index < -0.39 is 27.7 Å². The summed E-state index contributed by atoms with van der Waals surface area (Å²) in [5.74, 6) is -2.36. The summed E-state index contributed by atoms with van der Waals surface area (Å²) in [5, 5.41) is 17.4. The van der Waals surface area contributed by atoms with Crippen molar-refractivity contribution in [3.63, 3.8) is 0 Å². The van der Waals surface area contributed by atoms with E-state index in [1.165, 1.54) is 12.1 Å². The van der Waals surface area contributed by atoms with Gasteiger partial charge in [0.2, 0.25) is 0 Å². The molecule has 6 heteroatoms. The standard InChI is InChI=1S/C10H12O5S/c1-7-2-4-8(5-3-7)16(14,15)6-9(11)10(12)13/h2-5,9,11H,6H2,1H3,(H,12,13). The number of aryl methyl sites for hydroxylation is 1. The molecule has 0 aliphatic rings. The van der Waals surface area contributed by atoms with Gasteiger partial charge in [-0.2, -0.15) is 0 Å². The van der Waals surface area contributed by atoms with Gasteiger partial charge >= 0.3 is 5.97 Å². The molecular formula is C10H12O5S. The molecule has 5 nitrogen and oxygen atoms in total. The lowest BCUT2D eigenvalue weighted by atomic mass is 10.2. The highest BCUT2D eigenvalue weighted by Gasteiger charge is 2.24. The highest BCUT2D eigenvalue weighted by atomic mass is 32.2. The molecule has 0 aliphatic carbocycles. The Kier molecular flexibility index (Phi) is 3.66. The van der Waals surface area contributed by atoms with Gasteiger partial charge < -0.3 is 10.2 Å². The third kappa shape index (κ3) is 3.04. The second-order valence-electron chi connectivity index (χ2n) is 3.45. The highest BCUT2D eigenvalue weighted by molar-refractivity contribution is 7.91. The summed E-state index contributed by atoms with van der Waals surface area (Å²) in [6.45, 7) is 1.81. The first-order chi connectivity index (χ1) is 7.33. The van der Waals surface area contributed by atoms with Crippen molar-refractivity contribution in [2.75, 3.05) is 5.75 Å². The number of hydrogen-bond donors (Lipinski definition) is 2. The summed E-state index contributed by atoms with van der Waals surface area (Å²) in [6, 6.07) is 6.00. The molecule has 1 aromatic rings. The van der Waals surface area contributed by atoms with Gasteiger partial charge in [-0.05, 0) is 19.1 Å². The van der Waals surface area contributed by atoms with Crippen LogP contribution in [0.3, 0.4) is 0 Å². The first kappa shape index (κ1) is 12.7. The Morgan fingerprint density at radius 3 is 2.25 bits per heavy atom. The summed E-state index contributed by atoms with van der Waals surface area (Å²) in [4.78, 5) is 10.4. The number of carboxylic acid groups (broad SMARTS) is 1. The molecule has 0 saturated carbocycles. The fourth-order valence-corrected chi connectivity index (χ4v) is 2.42. The van der Waals surface area contributed by atoms with Crippen LogP contribution in [0.5, 0.6) is 0 Å². The van der Waals surface area contributed by atoms with Crippen LogP contribution in [0.4, 0.5) is 0 Å². The average Bonchev–Trinajstić information content (AvgIpc) is 2.17. The molecule has 1 rings (SSSR count). The third-order valence-corrected chi connectivity index (χ3v) is 3.79. The Hall–Kier alpha value is -1.40. The predicted octanol–water partition coefficient (Wildman–Crippen LogP) is 0.214. The van der Waals surface area contributed by atoms with Gasteiger partial charge in [-0.25, -0.2) is 13.2 Å². The number of hydrogen-bond acceptors (Lipinski definition) is 4. The molecule has 1 unspecified atom stereocenters. The topological polar surface area (TPSA) is 91.7 Å². The fourth-order valence-electron chi connectivity index (χ4n) is 1.12. The molecule has 1 aromatic carbocycles. The lowest BCUT2D eigenvalue weighted by Crippen LogP contribution is -2.28. The zero-order chi connectivity index (χ0) is 12.3. The number of carboxylic acids is 1. The number of benzene rings is 1. The maximum absolute atomic E-state index is 11.6. The summed E-state index contributed by atoms with van der Waals surface area (Å²) in [6.07, 6.45) is -1.90. The number of rotatable bonds is 4. The van der Waals surface area contributed by atoms with E-state index in [0.717, 1.165) is 5.56 Å². The molecule has 16 heavy (non-hydrogen) atoms. The van der Waals surface area contributed by atoms with Crippen LogP contribution >= 0.6 is 0 Å². The van der Waals surface area contributed by atoms with Gasteiger partial charge in [-0.15, -0.1) is 0 Å². The normalized spacial score (nSPS) is 13.4. The van der Waals surface area contributed by atoms with Crippen molar-refractivity contribution >= 4 is 15.8 Å². The Labute approximate surface area is 93.3 Å². The van der Waals surface area contributed by atoms with Crippen LogP contribution in [0, 0.1) is 6.92 Å². The van der Waals surface area contributed by atoms with Gasteiger partial charge in [0.05, 0.1) is 10.6 Å². The van der Waals surface area contributed by atoms with Crippen LogP contribution in [-0.2, 0) is 14.6 Å². The average molecular weight is 244 g/mol. The number of sulfone groups is 1. The van der Waals surface area contributed by atoms with E-state index in [9.17, 15) is 13.2 Å². The first-order valence-electron chi connectivity index (χ1n) is 4.53. The maximum atomic E-state index is 11.6. The van der Waals surface area contributed by atoms with E-state index in [-0.39, 0.29) is 4.90 Å². The minimum absolute atomic E-state index is 0.0124. The van der Waals surface area contributed by atoms with E-state index >= 15 is 0 Å². The fraction of sp³-hybridized carbons (Fsp3) is 0.300. The molecular weight excluding hydrogens is 232 g/mol. The molecule has 0 aliphatic heterocycles. The van der Waals surface area contributed by atoms with E-state index in [1.54, 1.807) is 12.1 Å². The van der Waals surface area contributed by atoms with Crippen molar-refractivity contribution in [2.45, 2.75) is 17.9 Å². The third-order valence-electron chi connectivity index (χ3n) is 2.04. The van der Waals surface area contributed by atoms with Crippen molar-refractivity contribution < 1.29 is 23.4 Å². The minimum atomic E-state index is -3.75. The molecule has 0 bridgehead atoms. The van der Waals surface area contributed by atoms with Crippen molar-refractivity contribution in [3.05, 3.63) is 29.8 Å². The first-order valence-corrected chi connectivity index (χ1v) is 6.18. The molecule has 0 amide bonds. The molecule has 88 valence electrons. The van der Waals surface area contributed by atoms with Gasteiger partial charge in [0.25, 0.3) is 0 Å². The van der Waals surface area contributed by atoms with Crippen LogP contribution in [-0.4, -0.2) is 36.5 Å². The lowest BCUT2D eigenvalue weighted by molar-refractivity contribution is -0.145. The Morgan fingerprint density at radius 1 is 1.31 bits per heavy atom. The zero-order valence-electron chi connectivity index (χ0n) is 8.62. The molecule has 2 N–H and O–H groups in total. The van der Waals surface area contributed by atoms with E-state index in [1.807, 2.05) is 6.92 Å². The van der Waals surface area contributed by atoms with E-state index in [4.69, 9.17) is 10.2 Å². The van der Waals surface area contributed by atoms with Crippen LogP contribution in [0.15, 0.2) is 29.2 Å². The smallest absolute Gasteiger partial charge is 0.333 e. The molecule has 1 atom stereocenters. The van der Waals surface area contributed by atoms with Gasteiger partial charge in [0.1, 0.15) is 0 Å². The summed E-state index contributed by atoms with van der Waals surface area (Å²) >= 11 is 0. The maximum Gasteiger partial charge on any atom is 0.333 e. The molecule has 0 spiro atoms. The van der Waals surface area contributed by atoms with Crippen LogP contribution in [0.1, 0.15) is 5.56 Å². The second-order valence-corrected chi connectivity index (χ2v) is 5.48. The number of aliphatic hydroxyl groups is 1. The number of carbonyl (C=O) groups is 1. The van der Waals surface area contributed by atoms with Gasteiger partial charge in [-0.3, -0.25) is 0 Å². The van der Waals surface area contributed by atoms with Gasteiger partial charge in [0.15, 0.2) is 15.9 Å². The number of aliphatic hydroxyl groups excluding tert-OH is 1. The monoisotopic (exact) mass is 244 g/mol. The lowest BCUT2D eigenvalue weighted by Gasteiger charge is -2.07. The van der Waals surface area contributed by atoms with Gasteiger partial charge in [0, 0.05) is 0 Å². The second kappa shape index (κ2) is 4.63.